The maximum absolute atomic E-state index is 6.04. The highest BCUT2D eigenvalue weighted by molar-refractivity contribution is 5.82. The average Bonchev–Trinajstić information content (AvgIpc) is 2.86. The number of para-hydroxylation sites is 1. The fourth-order valence-corrected chi connectivity index (χ4v) is 2.51. The second-order valence-electron chi connectivity index (χ2n) is 5.54. The summed E-state index contributed by atoms with van der Waals surface area (Å²) in [5, 5.41) is 4.78. The van der Waals surface area contributed by atoms with Gasteiger partial charge in [0.25, 0.3) is 0 Å². The Morgan fingerprint density at radius 2 is 2.05 bits per heavy atom. The Morgan fingerprint density at radius 1 is 1.24 bits per heavy atom. The first kappa shape index (κ1) is 16.1. The highest BCUT2D eigenvalue weighted by Gasteiger charge is 2.14. The molecule has 0 aliphatic heterocycles. The van der Waals surface area contributed by atoms with Crippen LogP contribution in [0.15, 0.2) is 28.7 Å². The van der Waals surface area contributed by atoms with E-state index in [-0.39, 0.29) is 0 Å². The van der Waals surface area contributed by atoms with Crippen LogP contribution in [0.2, 0.25) is 0 Å². The van der Waals surface area contributed by atoms with Crippen molar-refractivity contribution in [2.75, 3.05) is 13.2 Å². The molecule has 1 aromatic carbocycles. The molecule has 0 amide bonds. The number of rotatable bonds is 9. The molecule has 0 aliphatic carbocycles. The molecule has 21 heavy (non-hydrogen) atoms. The monoisotopic (exact) mass is 289 g/mol. The highest BCUT2D eigenvalue weighted by atomic mass is 16.5. The zero-order valence-corrected chi connectivity index (χ0v) is 13.4. The van der Waals surface area contributed by atoms with Gasteiger partial charge in [0.1, 0.15) is 11.3 Å². The van der Waals surface area contributed by atoms with Gasteiger partial charge in [0, 0.05) is 36.6 Å². The number of unbranched alkanes of at least 4 members (excludes halogenated alkanes) is 1. The molecule has 2 rings (SSSR count). The largest absolute Gasteiger partial charge is 0.461 e. The van der Waals surface area contributed by atoms with E-state index < -0.39 is 0 Å². The van der Waals surface area contributed by atoms with Crippen LogP contribution in [0.4, 0.5) is 0 Å². The number of fused-ring (bicyclic) bond motifs is 1. The first-order valence-electron chi connectivity index (χ1n) is 8.06. The van der Waals surface area contributed by atoms with Gasteiger partial charge >= 0.3 is 0 Å². The first-order valence-corrected chi connectivity index (χ1v) is 8.06. The van der Waals surface area contributed by atoms with E-state index in [1.54, 1.807) is 0 Å². The number of hydrogen-bond donors (Lipinski definition) is 1. The van der Waals surface area contributed by atoms with Crippen LogP contribution in [-0.4, -0.2) is 19.3 Å². The van der Waals surface area contributed by atoms with Crippen LogP contribution in [0.25, 0.3) is 11.0 Å². The summed E-state index contributed by atoms with van der Waals surface area (Å²) in [6.07, 6.45) is 3.37. The molecule has 3 nitrogen and oxygen atoms in total. The van der Waals surface area contributed by atoms with Gasteiger partial charge in [-0.15, -0.1) is 0 Å². The van der Waals surface area contributed by atoms with Crippen LogP contribution in [-0.2, 0) is 17.7 Å². The predicted octanol–water partition coefficient (Wildman–Crippen LogP) is 4.29. The first-order chi connectivity index (χ1) is 10.3. The van der Waals surface area contributed by atoms with Crippen molar-refractivity contribution in [1.29, 1.82) is 0 Å². The molecule has 3 heteroatoms. The molecular formula is C18H27NO2. The second-order valence-corrected chi connectivity index (χ2v) is 5.54. The van der Waals surface area contributed by atoms with Crippen molar-refractivity contribution in [2.45, 2.75) is 52.6 Å². The predicted molar refractivity (Wildman–Crippen MR) is 87.6 cm³/mol. The third-order valence-electron chi connectivity index (χ3n) is 3.74. The van der Waals surface area contributed by atoms with Gasteiger partial charge in [-0.25, -0.2) is 0 Å². The molecule has 1 N–H and O–H groups in total. The van der Waals surface area contributed by atoms with Crippen LogP contribution >= 0.6 is 0 Å². The van der Waals surface area contributed by atoms with E-state index in [1.165, 1.54) is 23.8 Å². The van der Waals surface area contributed by atoms with Crippen LogP contribution in [0.3, 0.4) is 0 Å². The minimum Gasteiger partial charge on any atom is -0.461 e. The van der Waals surface area contributed by atoms with Gasteiger partial charge < -0.3 is 14.5 Å². The molecule has 1 heterocycles. The summed E-state index contributed by atoms with van der Waals surface area (Å²) >= 11 is 0. The van der Waals surface area contributed by atoms with Crippen molar-refractivity contribution in [2.24, 2.45) is 0 Å². The van der Waals surface area contributed by atoms with Crippen molar-refractivity contribution in [3.05, 3.63) is 35.6 Å². The average molecular weight is 289 g/mol. The summed E-state index contributed by atoms with van der Waals surface area (Å²) in [5.74, 6) is 1.13. The molecule has 0 radical (unpaired) electrons. The third-order valence-corrected chi connectivity index (χ3v) is 3.74. The van der Waals surface area contributed by atoms with Crippen molar-refractivity contribution in [3.63, 3.8) is 0 Å². The van der Waals surface area contributed by atoms with Gasteiger partial charge in [-0.2, -0.15) is 0 Å². The number of hydrogen-bond acceptors (Lipinski definition) is 3. The topological polar surface area (TPSA) is 34.4 Å². The van der Waals surface area contributed by atoms with Crippen LogP contribution in [0.5, 0.6) is 0 Å². The Bertz CT molecular complexity index is 547. The summed E-state index contributed by atoms with van der Waals surface area (Å²) in [7, 11) is 0. The highest BCUT2D eigenvalue weighted by Crippen LogP contribution is 2.27. The summed E-state index contributed by atoms with van der Waals surface area (Å²) in [6.45, 7) is 8.75. The molecule has 1 aromatic heterocycles. The Kier molecular flexibility index (Phi) is 6.27. The summed E-state index contributed by atoms with van der Waals surface area (Å²) in [6, 6.07) is 8.66. The Hall–Kier alpha value is -1.32. The Balaban J connectivity index is 2.11. The fourth-order valence-electron chi connectivity index (χ4n) is 2.51. The van der Waals surface area contributed by atoms with E-state index in [1.807, 2.05) is 13.0 Å². The number of furan rings is 1. The molecule has 1 atom stereocenters. The molecule has 0 aliphatic rings. The lowest BCUT2D eigenvalue weighted by molar-refractivity contribution is 0.127. The van der Waals surface area contributed by atoms with Crippen molar-refractivity contribution >= 4 is 11.0 Å². The van der Waals surface area contributed by atoms with Gasteiger partial charge in [0.15, 0.2) is 0 Å². The molecule has 0 bridgehead atoms. The molecule has 116 valence electrons. The Labute approximate surface area is 127 Å². The third kappa shape index (κ3) is 4.32. The Morgan fingerprint density at radius 3 is 2.81 bits per heavy atom. The van der Waals surface area contributed by atoms with Crippen molar-refractivity contribution < 1.29 is 9.15 Å². The van der Waals surface area contributed by atoms with Gasteiger partial charge in [0.2, 0.25) is 0 Å². The normalized spacial score (nSPS) is 12.9. The van der Waals surface area contributed by atoms with E-state index in [2.05, 4.69) is 37.4 Å². The summed E-state index contributed by atoms with van der Waals surface area (Å²) < 4.78 is 11.5. The number of benzene rings is 1. The van der Waals surface area contributed by atoms with Crippen LogP contribution < -0.4 is 5.32 Å². The molecule has 0 spiro atoms. The molecule has 0 fully saturated rings. The minimum atomic E-state index is 0.345. The van der Waals surface area contributed by atoms with Crippen molar-refractivity contribution in [1.82, 2.24) is 5.32 Å². The van der Waals surface area contributed by atoms with Crippen LogP contribution in [0, 0.1) is 0 Å². The fraction of sp³-hybridized carbons (Fsp3) is 0.556. The van der Waals surface area contributed by atoms with E-state index in [9.17, 15) is 0 Å². The van der Waals surface area contributed by atoms with Gasteiger partial charge in [0.05, 0.1) is 6.61 Å². The zero-order valence-electron chi connectivity index (χ0n) is 13.4. The minimum absolute atomic E-state index is 0.345. The number of ether oxygens (including phenoxy) is 1. The van der Waals surface area contributed by atoms with Gasteiger partial charge in [-0.3, -0.25) is 0 Å². The standard InChI is InChI=1S/C18H27NO2/c1-4-6-10-18-16(12-19-14(3)13-20-5-2)15-9-7-8-11-17(15)21-18/h7-9,11,14,19H,4-6,10,12-13H2,1-3H3. The molecular weight excluding hydrogens is 262 g/mol. The van der Waals surface area contributed by atoms with Crippen LogP contribution in [0.1, 0.15) is 44.9 Å². The summed E-state index contributed by atoms with van der Waals surface area (Å²) in [4.78, 5) is 0. The van der Waals surface area contributed by atoms with E-state index in [0.717, 1.165) is 37.5 Å². The van der Waals surface area contributed by atoms with Gasteiger partial charge in [-0.1, -0.05) is 31.5 Å². The maximum Gasteiger partial charge on any atom is 0.134 e. The lowest BCUT2D eigenvalue weighted by Gasteiger charge is -2.13. The smallest absolute Gasteiger partial charge is 0.134 e. The lowest BCUT2D eigenvalue weighted by Crippen LogP contribution is -2.30. The molecule has 2 aromatic rings. The van der Waals surface area contributed by atoms with Gasteiger partial charge in [-0.05, 0) is 26.3 Å². The maximum atomic E-state index is 6.04. The molecule has 0 saturated heterocycles. The van der Waals surface area contributed by atoms with E-state index in [4.69, 9.17) is 9.15 Å². The molecule has 1 unspecified atom stereocenters. The van der Waals surface area contributed by atoms with E-state index in [0.29, 0.717) is 6.04 Å². The second kappa shape index (κ2) is 8.20. The molecule has 0 saturated carbocycles. The summed E-state index contributed by atoms with van der Waals surface area (Å²) in [5.41, 5.74) is 2.31. The van der Waals surface area contributed by atoms with Crippen molar-refractivity contribution in [3.8, 4) is 0 Å². The number of aryl methyl sites for hydroxylation is 1. The van der Waals surface area contributed by atoms with E-state index >= 15 is 0 Å². The lowest BCUT2D eigenvalue weighted by atomic mass is 10.1. The SMILES string of the molecule is CCCCc1oc2ccccc2c1CNC(C)COCC. The quantitative estimate of drug-likeness (QED) is 0.748. The zero-order chi connectivity index (χ0) is 15.1. The number of nitrogens with one attached hydrogen (secondary N) is 1.